The third-order valence-corrected chi connectivity index (χ3v) is 3.86. The number of rotatable bonds is 8. The molecule has 5 heteroatoms. The lowest BCUT2D eigenvalue weighted by molar-refractivity contribution is -0.0403. The zero-order chi connectivity index (χ0) is 14.5. The molecule has 0 radical (unpaired) electrons. The fourth-order valence-electron chi connectivity index (χ4n) is 2.26. The van der Waals surface area contributed by atoms with Crippen LogP contribution in [0, 0.1) is 0 Å². The van der Waals surface area contributed by atoms with Crippen LogP contribution in [0.2, 0.25) is 0 Å². The van der Waals surface area contributed by atoms with Gasteiger partial charge in [0.2, 0.25) is 11.7 Å². The Bertz CT molecular complexity index is 377. The van der Waals surface area contributed by atoms with Crippen LogP contribution in [0.25, 0.3) is 0 Å². The second-order valence-corrected chi connectivity index (χ2v) is 5.07. The topological polar surface area (TPSA) is 60.2 Å². The van der Waals surface area contributed by atoms with Crippen molar-refractivity contribution in [1.82, 2.24) is 15.5 Å². The maximum Gasteiger partial charge on any atom is 0.231 e. The summed E-state index contributed by atoms with van der Waals surface area (Å²) in [6, 6.07) is 0.341. The fourth-order valence-corrected chi connectivity index (χ4v) is 2.26. The van der Waals surface area contributed by atoms with E-state index in [4.69, 9.17) is 9.26 Å². The zero-order valence-corrected chi connectivity index (χ0v) is 13.0. The first-order valence-electron chi connectivity index (χ1n) is 7.17. The van der Waals surface area contributed by atoms with Gasteiger partial charge in [-0.2, -0.15) is 4.98 Å². The molecule has 1 aromatic rings. The first-order chi connectivity index (χ1) is 9.02. The van der Waals surface area contributed by atoms with E-state index in [1.165, 1.54) is 0 Å². The van der Waals surface area contributed by atoms with Crippen LogP contribution >= 0.6 is 0 Å². The van der Waals surface area contributed by atoms with Gasteiger partial charge in [-0.3, -0.25) is 0 Å². The van der Waals surface area contributed by atoms with Crippen LogP contribution in [-0.2, 0) is 10.3 Å². The average Bonchev–Trinajstić information content (AvgIpc) is 2.90. The molecule has 0 fully saturated rings. The predicted molar refractivity (Wildman–Crippen MR) is 75.1 cm³/mol. The minimum atomic E-state index is -0.461. The predicted octanol–water partition coefficient (Wildman–Crippen LogP) is 2.83. The summed E-state index contributed by atoms with van der Waals surface area (Å²) in [7, 11) is 1.96. The van der Waals surface area contributed by atoms with Crippen molar-refractivity contribution in [3.63, 3.8) is 0 Å². The highest BCUT2D eigenvalue weighted by Crippen LogP contribution is 2.28. The Morgan fingerprint density at radius 2 is 2.05 bits per heavy atom. The van der Waals surface area contributed by atoms with Crippen LogP contribution in [0.1, 0.15) is 65.1 Å². The standard InChI is InChI=1S/C14H27N3O2/c1-7-11(15-6)10(4)12-16-13(17-19-12)14(5,8-2)18-9-3/h10-11,15H,7-9H2,1-6H3. The van der Waals surface area contributed by atoms with Crippen LogP contribution in [0.5, 0.6) is 0 Å². The molecule has 0 spiro atoms. The highest BCUT2D eigenvalue weighted by atomic mass is 16.5. The Hall–Kier alpha value is -0.940. The van der Waals surface area contributed by atoms with Gasteiger partial charge in [0.1, 0.15) is 5.60 Å². The van der Waals surface area contributed by atoms with E-state index in [2.05, 4.69) is 36.2 Å². The van der Waals surface area contributed by atoms with E-state index >= 15 is 0 Å². The molecule has 0 aromatic carbocycles. The number of likely N-dealkylation sites (N-methyl/N-ethyl adjacent to an activating group) is 1. The number of nitrogens with one attached hydrogen (secondary N) is 1. The zero-order valence-electron chi connectivity index (χ0n) is 13.0. The van der Waals surface area contributed by atoms with Crippen molar-refractivity contribution in [2.75, 3.05) is 13.7 Å². The molecular weight excluding hydrogens is 242 g/mol. The molecule has 0 aliphatic carbocycles. The van der Waals surface area contributed by atoms with Gasteiger partial charge in [0, 0.05) is 12.6 Å². The second-order valence-electron chi connectivity index (χ2n) is 5.07. The molecule has 0 saturated carbocycles. The van der Waals surface area contributed by atoms with Crippen molar-refractivity contribution in [3.05, 3.63) is 11.7 Å². The minimum Gasteiger partial charge on any atom is -0.367 e. The number of nitrogens with zero attached hydrogens (tertiary/aromatic N) is 2. The molecule has 1 aromatic heterocycles. The summed E-state index contributed by atoms with van der Waals surface area (Å²) < 4.78 is 11.2. The van der Waals surface area contributed by atoms with Crippen LogP contribution in [0.15, 0.2) is 4.52 Å². The Labute approximate surface area is 116 Å². The molecule has 0 amide bonds. The summed E-state index contributed by atoms with van der Waals surface area (Å²) in [6.45, 7) is 10.9. The molecule has 0 aliphatic rings. The van der Waals surface area contributed by atoms with Gasteiger partial charge >= 0.3 is 0 Å². The highest BCUT2D eigenvalue weighted by molar-refractivity contribution is 5.03. The van der Waals surface area contributed by atoms with E-state index in [1.54, 1.807) is 0 Å². The Kier molecular flexibility index (Phi) is 5.94. The minimum absolute atomic E-state index is 0.194. The van der Waals surface area contributed by atoms with E-state index in [0.717, 1.165) is 12.8 Å². The van der Waals surface area contributed by atoms with Crippen LogP contribution < -0.4 is 5.32 Å². The summed E-state index contributed by atoms with van der Waals surface area (Å²) in [5.74, 6) is 1.51. The molecule has 110 valence electrons. The monoisotopic (exact) mass is 269 g/mol. The normalized spacial score (nSPS) is 18.0. The van der Waals surface area contributed by atoms with Crippen molar-refractivity contribution in [2.24, 2.45) is 0 Å². The van der Waals surface area contributed by atoms with Crippen molar-refractivity contribution < 1.29 is 9.26 Å². The van der Waals surface area contributed by atoms with Gasteiger partial charge in [-0.25, -0.2) is 0 Å². The Balaban J connectivity index is 2.92. The molecule has 0 aliphatic heterocycles. The summed E-state index contributed by atoms with van der Waals surface area (Å²) in [5.41, 5.74) is -0.461. The van der Waals surface area contributed by atoms with Gasteiger partial charge in [-0.15, -0.1) is 0 Å². The van der Waals surface area contributed by atoms with E-state index in [1.807, 2.05) is 20.9 Å². The average molecular weight is 269 g/mol. The molecule has 1 rings (SSSR count). The lowest BCUT2D eigenvalue weighted by Crippen LogP contribution is -2.30. The van der Waals surface area contributed by atoms with E-state index in [9.17, 15) is 0 Å². The summed E-state index contributed by atoms with van der Waals surface area (Å²) in [4.78, 5) is 4.55. The summed E-state index contributed by atoms with van der Waals surface area (Å²) in [5, 5.41) is 7.39. The SMILES string of the molecule is CCOC(C)(CC)c1noc(C(C)C(CC)NC)n1. The largest absolute Gasteiger partial charge is 0.367 e. The molecule has 1 heterocycles. The lowest BCUT2D eigenvalue weighted by Gasteiger charge is -2.24. The Morgan fingerprint density at radius 1 is 1.37 bits per heavy atom. The van der Waals surface area contributed by atoms with Gasteiger partial charge in [0.25, 0.3) is 0 Å². The first kappa shape index (κ1) is 16.1. The molecule has 0 saturated heterocycles. The number of hydrogen-bond donors (Lipinski definition) is 1. The van der Waals surface area contributed by atoms with E-state index in [-0.39, 0.29) is 5.92 Å². The van der Waals surface area contributed by atoms with Crippen LogP contribution in [0.4, 0.5) is 0 Å². The van der Waals surface area contributed by atoms with Gasteiger partial charge in [-0.05, 0) is 33.7 Å². The number of hydrogen-bond acceptors (Lipinski definition) is 5. The number of ether oxygens (including phenoxy) is 1. The molecule has 3 unspecified atom stereocenters. The van der Waals surface area contributed by atoms with E-state index in [0.29, 0.717) is 24.4 Å². The van der Waals surface area contributed by atoms with Crippen LogP contribution in [0.3, 0.4) is 0 Å². The molecule has 3 atom stereocenters. The highest BCUT2D eigenvalue weighted by Gasteiger charge is 2.32. The Morgan fingerprint density at radius 3 is 2.53 bits per heavy atom. The number of aromatic nitrogens is 2. The van der Waals surface area contributed by atoms with E-state index < -0.39 is 5.60 Å². The maximum absolute atomic E-state index is 5.77. The maximum atomic E-state index is 5.77. The second kappa shape index (κ2) is 7.01. The van der Waals surface area contributed by atoms with Gasteiger partial charge in [-0.1, -0.05) is 25.9 Å². The lowest BCUT2D eigenvalue weighted by atomic mass is 9.99. The summed E-state index contributed by atoms with van der Waals surface area (Å²) >= 11 is 0. The fraction of sp³-hybridized carbons (Fsp3) is 0.857. The smallest absolute Gasteiger partial charge is 0.231 e. The molecule has 0 bridgehead atoms. The van der Waals surface area contributed by atoms with Gasteiger partial charge in [0.15, 0.2) is 0 Å². The molecule has 1 N–H and O–H groups in total. The van der Waals surface area contributed by atoms with Crippen LogP contribution in [-0.4, -0.2) is 29.8 Å². The third kappa shape index (κ3) is 3.54. The van der Waals surface area contributed by atoms with Gasteiger partial charge < -0.3 is 14.6 Å². The van der Waals surface area contributed by atoms with Crippen molar-refractivity contribution >= 4 is 0 Å². The first-order valence-corrected chi connectivity index (χ1v) is 7.17. The molecule has 5 nitrogen and oxygen atoms in total. The summed E-state index contributed by atoms with van der Waals surface area (Å²) in [6.07, 6.45) is 1.84. The quantitative estimate of drug-likeness (QED) is 0.786. The van der Waals surface area contributed by atoms with Crippen molar-refractivity contribution in [1.29, 1.82) is 0 Å². The molecular formula is C14H27N3O2. The van der Waals surface area contributed by atoms with Gasteiger partial charge in [0.05, 0.1) is 5.92 Å². The molecule has 19 heavy (non-hydrogen) atoms. The van der Waals surface area contributed by atoms with Crippen molar-refractivity contribution in [2.45, 2.75) is 65.0 Å². The van der Waals surface area contributed by atoms with Crippen molar-refractivity contribution in [3.8, 4) is 0 Å². The third-order valence-electron chi connectivity index (χ3n) is 3.86.